The van der Waals surface area contributed by atoms with Crippen molar-refractivity contribution < 1.29 is 23.6 Å². The van der Waals surface area contributed by atoms with E-state index in [0.717, 1.165) is 5.75 Å². The maximum absolute atomic E-state index is 12.8. The van der Waals surface area contributed by atoms with Crippen molar-refractivity contribution in [2.24, 2.45) is 0 Å². The van der Waals surface area contributed by atoms with Crippen LogP contribution in [0.1, 0.15) is 23.2 Å². The second kappa shape index (κ2) is 9.42. The summed E-state index contributed by atoms with van der Waals surface area (Å²) in [6.07, 6.45) is 0.0249. The van der Waals surface area contributed by atoms with Crippen molar-refractivity contribution in [2.75, 3.05) is 13.2 Å². The Kier molecular flexibility index (Phi) is 6.91. The first-order valence-electron chi connectivity index (χ1n) is 7.52. The Morgan fingerprint density at radius 2 is 1.62 bits per heavy atom. The molecule has 0 aliphatic rings. The third kappa shape index (κ3) is 6.18. The first-order valence-corrected chi connectivity index (χ1v) is 7.52. The highest BCUT2D eigenvalue weighted by Gasteiger charge is 2.09. The number of amides is 1. The highest BCUT2D eigenvalue weighted by molar-refractivity contribution is 5.97. The van der Waals surface area contributed by atoms with E-state index in [0.29, 0.717) is 12.2 Å². The van der Waals surface area contributed by atoms with Gasteiger partial charge in [-0.1, -0.05) is 18.2 Å². The molecular weight excluding hydrogens is 313 g/mol. The van der Waals surface area contributed by atoms with Crippen LogP contribution in [0.2, 0.25) is 0 Å². The van der Waals surface area contributed by atoms with E-state index in [2.05, 4.69) is 5.48 Å². The number of hydrogen-bond acceptors (Lipinski definition) is 4. The smallest absolute Gasteiger partial charge is 0.243 e. The molecule has 126 valence electrons. The highest BCUT2D eigenvalue weighted by atomic mass is 19.1. The lowest BCUT2D eigenvalue weighted by Gasteiger charge is -2.07. The van der Waals surface area contributed by atoms with E-state index in [9.17, 15) is 14.0 Å². The van der Waals surface area contributed by atoms with Crippen LogP contribution in [-0.2, 0) is 9.63 Å². The fourth-order valence-corrected chi connectivity index (χ4v) is 1.91. The van der Waals surface area contributed by atoms with E-state index < -0.39 is 11.7 Å². The van der Waals surface area contributed by atoms with Gasteiger partial charge in [0, 0.05) is 18.4 Å². The Balaban J connectivity index is 1.58. The molecular formula is C18H18FNO4. The van der Waals surface area contributed by atoms with Crippen molar-refractivity contribution in [3.8, 4) is 5.75 Å². The van der Waals surface area contributed by atoms with E-state index in [4.69, 9.17) is 9.57 Å². The van der Waals surface area contributed by atoms with Crippen molar-refractivity contribution in [1.29, 1.82) is 0 Å². The number of rotatable bonds is 9. The molecule has 2 rings (SSSR count). The lowest BCUT2D eigenvalue weighted by atomic mass is 10.1. The van der Waals surface area contributed by atoms with E-state index in [-0.39, 0.29) is 25.2 Å². The predicted octanol–water partition coefficient (Wildman–Crippen LogP) is 2.92. The summed E-state index contributed by atoms with van der Waals surface area (Å²) in [5.74, 6) is -0.310. The minimum absolute atomic E-state index is 0.00421. The third-order valence-electron chi connectivity index (χ3n) is 3.13. The molecule has 2 aromatic rings. The normalized spacial score (nSPS) is 10.2. The molecule has 5 nitrogen and oxygen atoms in total. The summed E-state index contributed by atoms with van der Waals surface area (Å²) in [5.41, 5.74) is 2.63. The van der Waals surface area contributed by atoms with Crippen LogP contribution in [0.3, 0.4) is 0 Å². The van der Waals surface area contributed by atoms with Gasteiger partial charge in [-0.2, -0.15) is 0 Å². The Hall–Kier alpha value is -2.73. The van der Waals surface area contributed by atoms with Crippen LogP contribution < -0.4 is 10.2 Å². The molecule has 0 unspecified atom stereocenters. The predicted molar refractivity (Wildman–Crippen MR) is 86.0 cm³/mol. The average molecular weight is 331 g/mol. The molecule has 0 radical (unpaired) electrons. The standard InChI is InChI=1S/C18H18FNO4/c19-15-8-6-14(7-9-15)17(21)10-11-18(22)20-24-13-12-23-16-4-2-1-3-5-16/h1-9H,10-13H2,(H,20,22). The van der Waals surface area contributed by atoms with Gasteiger partial charge in [0.1, 0.15) is 24.8 Å². The van der Waals surface area contributed by atoms with Gasteiger partial charge in [-0.25, -0.2) is 9.87 Å². The second-order valence-corrected chi connectivity index (χ2v) is 4.97. The summed E-state index contributed by atoms with van der Waals surface area (Å²) in [6, 6.07) is 14.5. The van der Waals surface area contributed by atoms with Crippen LogP contribution >= 0.6 is 0 Å². The zero-order chi connectivity index (χ0) is 17.2. The van der Waals surface area contributed by atoms with Crippen LogP contribution in [0.5, 0.6) is 5.75 Å². The number of halogens is 1. The van der Waals surface area contributed by atoms with Crippen LogP contribution in [0.25, 0.3) is 0 Å². The van der Waals surface area contributed by atoms with Crippen LogP contribution in [0.4, 0.5) is 4.39 Å². The Bertz CT molecular complexity index is 658. The number of Topliss-reactive ketones (excluding diaryl/α,β-unsaturated/α-hetero) is 1. The summed E-state index contributed by atoms with van der Waals surface area (Å²) in [4.78, 5) is 28.4. The van der Waals surface area contributed by atoms with Crippen molar-refractivity contribution in [3.63, 3.8) is 0 Å². The molecule has 0 bridgehead atoms. The van der Waals surface area contributed by atoms with Crippen LogP contribution in [-0.4, -0.2) is 24.9 Å². The quantitative estimate of drug-likeness (QED) is 0.436. The number of hydrogen-bond donors (Lipinski definition) is 1. The Labute approximate surface area is 139 Å². The molecule has 0 heterocycles. The summed E-state index contributed by atoms with van der Waals surface area (Å²) in [5, 5.41) is 0. The van der Waals surface area contributed by atoms with E-state index >= 15 is 0 Å². The van der Waals surface area contributed by atoms with E-state index in [1.807, 2.05) is 30.3 Å². The molecule has 0 spiro atoms. The zero-order valence-electron chi connectivity index (χ0n) is 13.0. The van der Waals surface area contributed by atoms with Gasteiger partial charge in [-0.3, -0.25) is 14.4 Å². The molecule has 24 heavy (non-hydrogen) atoms. The molecule has 1 amide bonds. The Morgan fingerprint density at radius 1 is 0.917 bits per heavy atom. The highest BCUT2D eigenvalue weighted by Crippen LogP contribution is 2.08. The van der Waals surface area contributed by atoms with Crippen molar-refractivity contribution in [3.05, 3.63) is 66.0 Å². The second-order valence-electron chi connectivity index (χ2n) is 4.97. The molecule has 0 aliphatic heterocycles. The van der Waals surface area contributed by atoms with Crippen LogP contribution in [0, 0.1) is 5.82 Å². The van der Waals surface area contributed by atoms with E-state index in [1.165, 1.54) is 24.3 Å². The topological polar surface area (TPSA) is 64.6 Å². The minimum Gasteiger partial charge on any atom is -0.491 e. The average Bonchev–Trinajstić information content (AvgIpc) is 2.61. The molecule has 0 saturated carbocycles. The fourth-order valence-electron chi connectivity index (χ4n) is 1.91. The SMILES string of the molecule is O=C(CCC(=O)c1ccc(F)cc1)NOCCOc1ccccc1. The van der Waals surface area contributed by atoms with Crippen molar-refractivity contribution in [1.82, 2.24) is 5.48 Å². The molecule has 0 aromatic heterocycles. The molecule has 6 heteroatoms. The van der Waals surface area contributed by atoms with Crippen molar-refractivity contribution in [2.45, 2.75) is 12.8 Å². The first kappa shape index (κ1) is 17.6. The number of para-hydroxylation sites is 1. The number of ketones is 1. The zero-order valence-corrected chi connectivity index (χ0v) is 13.0. The van der Waals surface area contributed by atoms with Gasteiger partial charge in [-0.15, -0.1) is 0 Å². The van der Waals surface area contributed by atoms with Gasteiger partial charge in [0.15, 0.2) is 5.78 Å². The lowest BCUT2D eigenvalue weighted by Crippen LogP contribution is -2.26. The number of carbonyl (C=O) groups is 2. The van der Waals surface area contributed by atoms with Crippen molar-refractivity contribution >= 4 is 11.7 Å². The summed E-state index contributed by atoms with van der Waals surface area (Å²) < 4.78 is 18.2. The van der Waals surface area contributed by atoms with Crippen LogP contribution in [0.15, 0.2) is 54.6 Å². The molecule has 0 atom stereocenters. The Morgan fingerprint density at radius 3 is 2.33 bits per heavy atom. The summed E-state index contributed by atoms with van der Waals surface area (Å²) in [6.45, 7) is 0.478. The third-order valence-corrected chi connectivity index (χ3v) is 3.13. The summed E-state index contributed by atoms with van der Waals surface area (Å²) >= 11 is 0. The van der Waals surface area contributed by atoms with Gasteiger partial charge in [0.2, 0.25) is 5.91 Å². The lowest BCUT2D eigenvalue weighted by molar-refractivity contribution is -0.134. The molecule has 0 fully saturated rings. The number of ether oxygens (including phenoxy) is 1. The molecule has 0 aliphatic carbocycles. The number of benzene rings is 2. The molecule has 1 N–H and O–H groups in total. The van der Waals surface area contributed by atoms with Gasteiger partial charge < -0.3 is 4.74 Å². The molecule has 2 aromatic carbocycles. The number of hydroxylamine groups is 1. The van der Waals surface area contributed by atoms with E-state index in [1.54, 1.807) is 0 Å². The summed E-state index contributed by atoms with van der Waals surface area (Å²) in [7, 11) is 0. The van der Waals surface area contributed by atoms with Gasteiger partial charge in [0.05, 0.1) is 0 Å². The number of nitrogens with one attached hydrogen (secondary N) is 1. The minimum atomic E-state index is -0.407. The van der Waals surface area contributed by atoms with Gasteiger partial charge >= 0.3 is 0 Å². The molecule has 0 saturated heterocycles. The maximum Gasteiger partial charge on any atom is 0.243 e. The monoisotopic (exact) mass is 331 g/mol. The number of carbonyl (C=O) groups excluding carboxylic acids is 2. The fraction of sp³-hybridized carbons (Fsp3) is 0.222. The first-order chi connectivity index (χ1) is 11.6. The maximum atomic E-state index is 12.8. The largest absolute Gasteiger partial charge is 0.491 e. The van der Waals surface area contributed by atoms with Gasteiger partial charge in [-0.05, 0) is 36.4 Å². The van der Waals surface area contributed by atoms with Gasteiger partial charge in [0.25, 0.3) is 0 Å².